The summed E-state index contributed by atoms with van der Waals surface area (Å²) in [6.07, 6.45) is 4.93. The summed E-state index contributed by atoms with van der Waals surface area (Å²) in [7, 11) is 0. The Bertz CT molecular complexity index is 538. The van der Waals surface area contributed by atoms with Crippen molar-refractivity contribution < 1.29 is 14.7 Å². The van der Waals surface area contributed by atoms with Crippen molar-refractivity contribution in [1.29, 1.82) is 0 Å². The molecule has 5 nitrogen and oxygen atoms in total. The lowest BCUT2D eigenvalue weighted by Gasteiger charge is -2.29. The topological polar surface area (TPSA) is 69.6 Å². The van der Waals surface area contributed by atoms with Gasteiger partial charge in [-0.25, -0.2) is 0 Å². The van der Waals surface area contributed by atoms with Crippen LogP contribution < -0.4 is 5.32 Å². The number of carbonyl (C=O) groups is 2. The van der Waals surface area contributed by atoms with Crippen LogP contribution in [0.15, 0.2) is 17.5 Å². The molecule has 6 heteroatoms. The van der Waals surface area contributed by atoms with Gasteiger partial charge in [0.15, 0.2) is 0 Å². The maximum absolute atomic E-state index is 12.5. The third-order valence-corrected chi connectivity index (χ3v) is 5.70. The van der Waals surface area contributed by atoms with Crippen molar-refractivity contribution in [1.82, 2.24) is 10.2 Å². The lowest BCUT2D eigenvalue weighted by Crippen LogP contribution is -2.50. The minimum Gasteiger partial charge on any atom is -0.393 e. The van der Waals surface area contributed by atoms with Crippen LogP contribution in [0.1, 0.15) is 43.4 Å². The highest BCUT2D eigenvalue weighted by atomic mass is 32.1. The van der Waals surface area contributed by atoms with Gasteiger partial charge in [0.05, 0.1) is 12.5 Å². The SMILES string of the molecule is O=C(NC1CCC(O)CC1)C1CCCN1C(=O)Cc1cccs1. The second-order valence-corrected chi connectivity index (χ2v) is 7.55. The Kier molecular flexibility index (Phi) is 5.33. The quantitative estimate of drug-likeness (QED) is 0.879. The number of nitrogens with one attached hydrogen (secondary N) is 1. The number of nitrogens with zero attached hydrogens (tertiary/aromatic N) is 1. The molecule has 1 atom stereocenters. The van der Waals surface area contributed by atoms with Gasteiger partial charge in [-0.2, -0.15) is 0 Å². The van der Waals surface area contributed by atoms with Gasteiger partial charge in [-0.15, -0.1) is 11.3 Å². The standard InChI is InChI=1S/C17H24N2O3S/c20-13-7-5-12(6-8-13)18-17(22)15-4-1-9-19(15)16(21)11-14-3-2-10-23-14/h2-3,10,12-13,15,20H,1,4-9,11H2,(H,18,22). The van der Waals surface area contributed by atoms with Crippen LogP contribution in [0.4, 0.5) is 0 Å². The number of likely N-dealkylation sites (tertiary alicyclic amines) is 1. The van der Waals surface area contributed by atoms with Crippen LogP contribution >= 0.6 is 11.3 Å². The van der Waals surface area contributed by atoms with E-state index in [4.69, 9.17) is 0 Å². The molecule has 0 radical (unpaired) electrons. The molecule has 1 saturated heterocycles. The normalized spacial score (nSPS) is 27.9. The fourth-order valence-corrected chi connectivity index (χ4v) is 4.21. The lowest BCUT2D eigenvalue weighted by molar-refractivity contribution is -0.138. The molecule has 0 bridgehead atoms. The number of thiophene rings is 1. The number of rotatable bonds is 4. The van der Waals surface area contributed by atoms with E-state index in [-0.39, 0.29) is 30.0 Å². The van der Waals surface area contributed by atoms with E-state index >= 15 is 0 Å². The summed E-state index contributed by atoms with van der Waals surface area (Å²) in [5.41, 5.74) is 0. The number of carbonyl (C=O) groups excluding carboxylic acids is 2. The molecule has 0 aromatic carbocycles. The molecule has 2 fully saturated rings. The first-order chi connectivity index (χ1) is 11.1. The Morgan fingerprint density at radius 2 is 2.04 bits per heavy atom. The van der Waals surface area contributed by atoms with Crippen molar-refractivity contribution in [2.24, 2.45) is 0 Å². The summed E-state index contributed by atoms with van der Waals surface area (Å²) >= 11 is 1.58. The molecule has 1 aromatic rings. The van der Waals surface area contributed by atoms with Crippen LogP contribution in [-0.2, 0) is 16.0 Å². The van der Waals surface area contributed by atoms with Crippen molar-refractivity contribution in [3.63, 3.8) is 0 Å². The third-order valence-electron chi connectivity index (χ3n) is 4.82. The molecule has 126 valence electrons. The number of hydrogen-bond acceptors (Lipinski definition) is 4. The predicted octanol–water partition coefficient (Wildman–Crippen LogP) is 1.70. The fourth-order valence-electron chi connectivity index (χ4n) is 3.52. The summed E-state index contributed by atoms with van der Waals surface area (Å²) in [4.78, 5) is 27.8. The lowest BCUT2D eigenvalue weighted by atomic mass is 9.93. The van der Waals surface area contributed by atoms with Crippen LogP contribution in [-0.4, -0.2) is 46.6 Å². The molecular weight excluding hydrogens is 312 g/mol. The maximum atomic E-state index is 12.5. The van der Waals surface area contributed by atoms with E-state index in [2.05, 4.69) is 5.32 Å². The summed E-state index contributed by atoms with van der Waals surface area (Å²) < 4.78 is 0. The van der Waals surface area contributed by atoms with E-state index in [1.165, 1.54) is 0 Å². The molecule has 2 aliphatic rings. The summed E-state index contributed by atoms with van der Waals surface area (Å²) in [6.45, 7) is 0.672. The van der Waals surface area contributed by atoms with Crippen LogP contribution in [0.5, 0.6) is 0 Å². The first-order valence-electron chi connectivity index (χ1n) is 8.44. The largest absolute Gasteiger partial charge is 0.393 e. The number of hydrogen-bond donors (Lipinski definition) is 2. The average molecular weight is 336 g/mol. The Labute approximate surface area is 140 Å². The monoisotopic (exact) mass is 336 g/mol. The van der Waals surface area contributed by atoms with Gasteiger partial charge >= 0.3 is 0 Å². The molecule has 2 amide bonds. The fraction of sp³-hybridized carbons (Fsp3) is 0.647. The van der Waals surface area contributed by atoms with Crippen molar-refractivity contribution in [2.75, 3.05) is 6.54 Å². The van der Waals surface area contributed by atoms with Gasteiger partial charge in [0.1, 0.15) is 6.04 Å². The zero-order chi connectivity index (χ0) is 16.2. The Morgan fingerprint density at radius 3 is 2.74 bits per heavy atom. The average Bonchev–Trinajstić information content (AvgIpc) is 3.20. The molecule has 3 rings (SSSR count). The Balaban J connectivity index is 1.55. The molecule has 1 aromatic heterocycles. The van der Waals surface area contributed by atoms with Gasteiger partial charge in [-0.05, 0) is 50.0 Å². The van der Waals surface area contributed by atoms with Crippen molar-refractivity contribution >= 4 is 23.2 Å². The molecular formula is C17H24N2O3S. The molecule has 1 aliphatic heterocycles. The second-order valence-electron chi connectivity index (χ2n) is 6.52. The summed E-state index contributed by atoms with van der Waals surface area (Å²) in [5.74, 6) is 0.0209. The van der Waals surface area contributed by atoms with E-state index in [9.17, 15) is 14.7 Å². The van der Waals surface area contributed by atoms with E-state index in [1.54, 1.807) is 16.2 Å². The zero-order valence-electron chi connectivity index (χ0n) is 13.2. The minimum atomic E-state index is -0.325. The van der Waals surface area contributed by atoms with Gasteiger partial charge in [-0.3, -0.25) is 9.59 Å². The van der Waals surface area contributed by atoms with Crippen LogP contribution in [0.3, 0.4) is 0 Å². The predicted molar refractivity (Wildman–Crippen MR) is 89.2 cm³/mol. The number of aliphatic hydroxyl groups excluding tert-OH is 1. The molecule has 23 heavy (non-hydrogen) atoms. The summed E-state index contributed by atoms with van der Waals surface area (Å²) in [5, 5.41) is 14.6. The molecule has 1 unspecified atom stereocenters. The van der Waals surface area contributed by atoms with E-state index in [0.29, 0.717) is 13.0 Å². The van der Waals surface area contributed by atoms with Crippen LogP contribution in [0.2, 0.25) is 0 Å². The molecule has 1 aliphatic carbocycles. The number of aliphatic hydroxyl groups is 1. The van der Waals surface area contributed by atoms with Crippen LogP contribution in [0.25, 0.3) is 0 Å². The van der Waals surface area contributed by atoms with E-state index < -0.39 is 0 Å². The van der Waals surface area contributed by atoms with Crippen molar-refractivity contribution in [3.8, 4) is 0 Å². The maximum Gasteiger partial charge on any atom is 0.243 e. The molecule has 2 heterocycles. The van der Waals surface area contributed by atoms with E-state index in [1.807, 2.05) is 17.5 Å². The van der Waals surface area contributed by atoms with Crippen LogP contribution in [0, 0.1) is 0 Å². The smallest absolute Gasteiger partial charge is 0.243 e. The highest BCUT2D eigenvalue weighted by Crippen LogP contribution is 2.22. The Morgan fingerprint density at radius 1 is 1.26 bits per heavy atom. The van der Waals surface area contributed by atoms with E-state index in [0.717, 1.165) is 43.4 Å². The molecule has 2 N–H and O–H groups in total. The number of amides is 2. The van der Waals surface area contributed by atoms with Crippen molar-refractivity contribution in [3.05, 3.63) is 22.4 Å². The minimum absolute atomic E-state index is 0.0246. The van der Waals surface area contributed by atoms with Gasteiger partial charge in [0.2, 0.25) is 11.8 Å². The first-order valence-corrected chi connectivity index (χ1v) is 9.32. The molecule has 0 spiro atoms. The Hall–Kier alpha value is -1.40. The third kappa shape index (κ3) is 4.12. The van der Waals surface area contributed by atoms with Gasteiger partial charge in [-0.1, -0.05) is 6.07 Å². The zero-order valence-corrected chi connectivity index (χ0v) is 14.1. The van der Waals surface area contributed by atoms with Crippen molar-refractivity contribution in [2.45, 2.75) is 63.1 Å². The van der Waals surface area contributed by atoms with Gasteiger partial charge < -0.3 is 15.3 Å². The summed E-state index contributed by atoms with van der Waals surface area (Å²) in [6, 6.07) is 3.72. The highest BCUT2D eigenvalue weighted by Gasteiger charge is 2.35. The van der Waals surface area contributed by atoms with Gasteiger partial charge in [0.25, 0.3) is 0 Å². The molecule has 1 saturated carbocycles. The second kappa shape index (κ2) is 7.45. The highest BCUT2D eigenvalue weighted by molar-refractivity contribution is 7.10. The first kappa shape index (κ1) is 16.5. The van der Waals surface area contributed by atoms with Gasteiger partial charge in [0, 0.05) is 17.5 Å².